The summed E-state index contributed by atoms with van der Waals surface area (Å²) >= 11 is 6.25. The minimum atomic E-state index is -0.413. The maximum Gasteiger partial charge on any atom is 0.161 e. The van der Waals surface area contributed by atoms with Gasteiger partial charge in [-0.05, 0) is 26.2 Å². The van der Waals surface area contributed by atoms with Crippen molar-refractivity contribution in [3.05, 3.63) is 17.0 Å². The number of ether oxygens (including phenoxy) is 2. The van der Waals surface area contributed by atoms with Crippen molar-refractivity contribution in [3.63, 3.8) is 0 Å². The van der Waals surface area contributed by atoms with Gasteiger partial charge < -0.3 is 25.0 Å². The van der Waals surface area contributed by atoms with Crippen molar-refractivity contribution in [1.29, 1.82) is 0 Å². The van der Waals surface area contributed by atoms with Crippen molar-refractivity contribution in [1.82, 2.24) is 9.97 Å². The van der Waals surface area contributed by atoms with Crippen LogP contribution in [-0.2, 0) is 15.9 Å². The van der Waals surface area contributed by atoms with E-state index in [1.165, 1.54) is 6.33 Å². The van der Waals surface area contributed by atoms with E-state index in [-0.39, 0.29) is 31.1 Å². The Morgan fingerprint density at radius 2 is 1.96 bits per heavy atom. The quantitative estimate of drug-likeness (QED) is 0.430. The second kappa shape index (κ2) is 9.48. The van der Waals surface area contributed by atoms with Gasteiger partial charge in [-0.1, -0.05) is 11.6 Å². The summed E-state index contributed by atoms with van der Waals surface area (Å²) in [5.74, 6) is 0.748. The minimum absolute atomic E-state index is 0.00571. The van der Waals surface area contributed by atoms with Crippen LogP contribution in [0.5, 0.6) is 0 Å². The summed E-state index contributed by atoms with van der Waals surface area (Å²) in [5, 5.41) is 22.5. The van der Waals surface area contributed by atoms with E-state index in [0.29, 0.717) is 30.6 Å². The number of rotatable bonds is 10. The second-order valence-electron chi connectivity index (χ2n) is 5.81. The highest BCUT2D eigenvalue weighted by molar-refractivity contribution is 6.30. The van der Waals surface area contributed by atoms with Gasteiger partial charge in [-0.15, -0.1) is 0 Å². The molecule has 24 heavy (non-hydrogen) atoms. The van der Waals surface area contributed by atoms with Gasteiger partial charge in [0.05, 0.1) is 0 Å². The number of aliphatic hydroxyl groups is 2. The summed E-state index contributed by atoms with van der Waals surface area (Å²) in [6.45, 7) is 4.99. The molecule has 1 aliphatic carbocycles. The molecular weight excluding hydrogens is 334 g/mol. The Morgan fingerprint density at radius 1 is 1.25 bits per heavy atom. The third-order valence-corrected chi connectivity index (χ3v) is 4.74. The van der Waals surface area contributed by atoms with E-state index in [2.05, 4.69) is 15.3 Å². The first kappa shape index (κ1) is 19.3. The smallest absolute Gasteiger partial charge is 0.161 e. The predicted octanol–water partition coefficient (Wildman–Crippen LogP) is 1.47. The summed E-state index contributed by atoms with van der Waals surface area (Å²) in [5.41, 5.74) is 0.732. The molecule has 1 aromatic rings. The Hall–Kier alpha value is -0.990. The fourth-order valence-corrected chi connectivity index (χ4v) is 3.25. The molecule has 3 N–H and O–H groups in total. The van der Waals surface area contributed by atoms with Gasteiger partial charge in [-0.25, -0.2) is 9.97 Å². The first-order valence-electron chi connectivity index (χ1n) is 8.35. The van der Waals surface area contributed by atoms with Crippen LogP contribution in [0.15, 0.2) is 6.33 Å². The number of aromatic nitrogens is 2. The third kappa shape index (κ3) is 4.55. The van der Waals surface area contributed by atoms with E-state index in [1.807, 2.05) is 13.8 Å². The minimum Gasteiger partial charge on any atom is -0.396 e. The van der Waals surface area contributed by atoms with Crippen molar-refractivity contribution in [3.8, 4) is 0 Å². The van der Waals surface area contributed by atoms with Gasteiger partial charge in [0, 0.05) is 50.4 Å². The van der Waals surface area contributed by atoms with Crippen LogP contribution >= 0.6 is 11.6 Å². The van der Waals surface area contributed by atoms with Gasteiger partial charge in [0.25, 0.3) is 0 Å². The fourth-order valence-electron chi connectivity index (χ4n) is 3.04. The first-order chi connectivity index (χ1) is 11.6. The average molecular weight is 360 g/mol. The Kier molecular flexibility index (Phi) is 7.64. The lowest BCUT2D eigenvalue weighted by Gasteiger charge is -2.43. The average Bonchev–Trinajstić information content (AvgIpc) is 2.54. The number of halogens is 1. The molecule has 7 nitrogen and oxygen atoms in total. The monoisotopic (exact) mass is 359 g/mol. The van der Waals surface area contributed by atoms with Crippen LogP contribution in [0, 0.1) is 11.8 Å². The van der Waals surface area contributed by atoms with Crippen LogP contribution in [0.25, 0.3) is 0 Å². The summed E-state index contributed by atoms with van der Waals surface area (Å²) in [4.78, 5) is 8.34. The molecule has 1 aliphatic rings. The Morgan fingerprint density at radius 3 is 2.54 bits per heavy atom. The normalized spacial score (nSPS) is 23.3. The highest BCUT2D eigenvalue weighted by Crippen LogP contribution is 2.37. The van der Waals surface area contributed by atoms with Crippen LogP contribution in [0.1, 0.15) is 25.8 Å². The molecule has 0 aliphatic heterocycles. The lowest BCUT2D eigenvalue weighted by Crippen LogP contribution is -2.50. The standard InChI is InChI=1S/C16H26ClN3O4/c1-3-23-14(24-4-2)6-11-15(17)18-9-19-16(11)20-13-5-10(7-21)12(13)8-22/h9-10,12-14,21-22H,3-8H2,1-2H3,(H,18,19,20). The van der Waals surface area contributed by atoms with Crippen molar-refractivity contribution in [2.75, 3.05) is 31.7 Å². The summed E-state index contributed by atoms with van der Waals surface area (Å²) in [7, 11) is 0. The van der Waals surface area contributed by atoms with Crippen LogP contribution in [0.4, 0.5) is 5.82 Å². The molecule has 0 saturated heterocycles. The first-order valence-corrected chi connectivity index (χ1v) is 8.73. The van der Waals surface area contributed by atoms with Crippen LogP contribution in [-0.4, -0.2) is 58.9 Å². The highest BCUT2D eigenvalue weighted by atomic mass is 35.5. The maximum atomic E-state index is 9.50. The van der Waals surface area contributed by atoms with E-state index in [0.717, 1.165) is 12.0 Å². The molecule has 136 valence electrons. The molecule has 3 unspecified atom stereocenters. The van der Waals surface area contributed by atoms with Gasteiger partial charge >= 0.3 is 0 Å². The van der Waals surface area contributed by atoms with E-state index >= 15 is 0 Å². The second-order valence-corrected chi connectivity index (χ2v) is 6.17. The summed E-state index contributed by atoms with van der Waals surface area (Å²) in [6, 6.07) is 0.0505. The molecule has 0 spiro atoms. The lowest BCUT2D eigenvalue weighted by molar-refractivity contribution is -0.134. The Balaban J connectivity index is 2.11. The van der Waals surface area contributed by atoms with Crippen molar-refractivity contribution in [2.24, 2.45) is 11.8 Å². The molecule has 1 aromatic heterocycles. The summed E-state index contributed by atoms with van der Waals surface area (Å²) < 4.78 is 11.2. The van der Waals surface area contributed by atoms with Crippen LogP contribution in [0.2, 0.25) is 5.15 Å². The number of nitrogens with zero attached hydrogens (tertiary/aromatic N) is 2. The van der Waals surface area contributed by atoms with Gasteiger partial charge in [-0.3, -0.25) is 0 Å². The zero-order valence-corrected chi connectivity index (χ0v) is 14.9. The fraction of sp³-hybridized carbons (Fsp3) is 0.750. The molecule has 1 saturated carbocycles. The molecule has 2 rings (SSSR count). The van der Waals surface area contributed by atoms with E-state index in [4.69, 9.17) is 21.1 Å². The van der Waals surface area contributed by atoms with E-state index in [1.54, 1.807) is 0 Å². The number of nitrogens with one attached hydrogen (secondary N) is 1. The number of anilines is 1. The van der Waals surface area contributed by atoms with Crippen molar-refractivity contribution in [2.45, 2.75) is 39.0 Å². The molecule has 8 heteroatoms. The van der Waals surface area contributed by atoms with Gasteiger partial charge in [0.1, 0.15) is 17.3 Å². The molecule has 0 amide bonds. The molecule has 3 atom stereocenters. The van der Waals surface area contributed by atoms with Crippen molar-refractivity contribution >= 4 is 17.4 Å². The largest absolute Gasteiger partial charge is 0.396 e. The topological polar surface area (TPSA) is 96.7 Å². The predicted molar refractivity (Wildman–Crippen MR) is 91.0 cm³/mol. The molecule has 1 fully saturated rings. The van der Waals surface area contributed by atoms with Gasteiger partial charge in [-0.2, -0.15) is 0 Å². The van der Waals surface area contributed by atoms with Crippen LogP contribution < -0.4 is 5.32 Å². The Labute approximate surface area is 147 Å². The number of hydrogen-bond donors (Lipinski definition) is 3. The SMILES string of the molecule is CCOC(Cc1c(Cl)ncnc1NC1CC(CO)C1CO)OCC. The van der Waals surface area contributed by atoms with Gasteiger partial charge in [0.15, 0.2) is 6.29 Å². The highest BCUT2D eigenvalue weighted by Gasteiger charge is 2.40. The third-order valence-electron chi connectivity index (χ3n) is 4.42. The van der Waals surface area contributed by atoms with Gasteiger partial charge in [0.2, 0.25) is 0 Å². The zero-order valence-electron chi connectivity index (χ0n) is 14.1. The molecule has 0 bridgehead atoms. The van der Waals surface area contributed by atoms with E-state index < -0.39 is 6.29 Å². The van der Waals surface area contributed by atoms with Crippen LogP contribution in [0.3, 0.4) is 0 Å². The maximum absolute atomic E-state index is 9.50. The number of aliphatic hydroxyl groups excluding tert-OH is 2. The summed E-state index contributed by atoms with van der Waals surface area (Å²) in [6.07, 6.45) is 2.21. The molecule has 0 aromatic carbocycles. The molecule has 0 radical (unpaired) electrons. The number of hydrogen-bond acceptors (Lipinski definition) is 7. The molecular formula is C16H26ClN3O4. The Bertz CT molecular complexity index is 514. The van der Waals surface area contributed by atoms with E-state index in [9.17, 15) is 10.2 Å². The van der Waals surface area contributed by atoms with Crippen molar-refractivity contribution < 1.29 is 19.7 Å². The lowest BCUT2D eigenvalue weighted by atomic mass is 9.70. The molecule has 1 heterocycles. The zero-order chi connectivity index (χ0) is 17.5.